The fourth-order valence-corrected chi connectivity index (χ4v) is 4.51. The molecule has 2 saturated heterocycles. The second-order valence-corrected chi connectivity index (χ2v) is 8.73. The minimum atomic E-state index is -0.394. The van der Waals surface area contributed by atoms with Gasteiger partial charge in [0.1, 0.15) is 5.69 Å². The monoisotopic (exact) mass is 457 g/mol. The highest BCUT2D eigenvalue weighted by molar-refractivity contribution is 6.30. The predicted octanol–water partition coefficient (Wildman–Crippen LogP) is 2.71. The average Bonchev–Trinajstić information content (AvgIpc) is 2.81. The Labute approximate surface area is 193 Å². The summed E-state index contributed by atoms with van der Waals surface area (Å²) in [6.45, 7) is 7.26. The van der Waals surface area contributed by atoms with E-state index in [1.165, 1.54) is 11.6 Å². The summed E-state index contributed by atoms with van der Waals surface area (Å²) < 4.78 is 0. The minimum Gasteiger partial charge on any atom is -0.363 e. The van der Waals surface area contributed by atoms with Crippen LogP contribution in [0.2, 0.25) is 5.02 Å². The quantitative estimate of drug-likeness (QED) is 0.490. The summed E-state index contributed by atoms with van der Waals surface area (Å²) in [5.74, 6) is 0.162. The van der Waals surface area contributed by atoms with Gasteiger partial charge in [0, 0.05) is 70.0 Å². The first kappa shape index (κ1) is 22.5. The zero-order valence-corrected chi connectivity index (χ0v) is 18.8. The van der Waals surface area contributed by atoms with Gasteiger partial charge in [0.05, 0.1) is 11.5 Å². The summed E-state index contributed by atoms with van der Waals surface area (Å²) in [4.78, 5) is 32.3. The molecule has 1 amide bonds. The van der Waals surface area contributed by atoms with Gasteiger partial charge in [-0.25, -0.2) is 0 Å². The van der Waals surface area contributed by atoms with Crippen molar-refractivity contribution in [1.29, 1.82) is 0 Å². The first-order chi connectivity index (χ1) is 15.5. The van der Waals surface area contributed by atoms with E-state index in [-0.39, 0.29) is 11.6 Å². The van der Waals surface area contributed by atoms with Crippen LogP contribution in [-0.4, -0.2) is 84.4 Å². The fraction of sp³-hybridized carbons (Fsp3) is 0.435. The molecule has 8 nitrogen and oxygen atoms in total. The molecule has 4 rings (SSSR count). The van der Waals surface area contributed by atoms with Crippen molar-refractivity contribution in [2.45, 2.75) is 6.54 Å². The number of carbonyl (C=O) groups excluding carboxylic acids is 1. The Morgan fingerprint density at radius 2 is 1.56 bits per heavy atom. The lowest BCUT2D eigenvalue weighted by Crippen LogP contribution is -2.53. The lowest BCUT2D eigenvalue weighted by atomic mass is 10.2. The van der Waals surface area contributed by atoms with Crippen molar-refractivity contribution >= 4 is 28.9 Å². The molecule has 2 heterocycles. The maximum absolute atomic E-state index is 12.8. The van der Waals surface area contributed by atoms with Gasteiger partial charge in [-0.3, -0.25) is 24.7 Å². The number of piperazine rings is 2. The lowest BCUT2D eigenvalue weighted by Gasteiger charge is -2.38. The Balaban J connectivity index is 1.24. The Morgan fingerprint density at radius 3 is 2.22 bits per heavy atom. The number of hydrogen-bond donors (Lipinski definition) is 0. The molecular weight excluding hydrogens is 430 g/mol. The van der Waals surface area contributed by atoms with E-state index >= 15 is 0 Å². The molecule has 0 radical (unpaired) electrons. The van der Waals surface area contributed by atoms with Crippen LogP contribution in [-0.2, 0) is 11.3 Å². The highest BCUT2D eigenvalue weighted by Crippen LogP contribution is 2.31. The minimum absolute atomic E-state index is 0.0235. The third kappa shape index (κ3) is 5.56. The van der Waals surface area contributed by atoms with Crippen LogP contribution in [0.25, 0.3) is 0 Å². The summed E-state index contributed by atoms with van der Waals surface area (Å²) in [5.41, 5.74) is 1.90. The molecule has 2 aromatic carbocycles. The summed E-state index contributed by atoms with van der Waals surface area (Å²) in [6.07, 6.45) is 0. The molecular formula is C23H28ClN5O3. The van der Waals surface area contributed by atoms with Crippen LogP contribution >= 0.6 is 11.6 Å². The smallest absolute Gasteiger partial charge is 0.294 e. The molecule has 0 unspecified atom stereocenters. The first-order valence-electron chi connectivity index (χ1n) is 10.9. The number of nitro groups is 1. The molecule has 9 heteroatoms. The zero-order chi connectivity index (χ0) is 22.5. The van der Waals surface area contributed by atoms with Gasteiger partial charge in [0.25, 0.3) is 5.69 Å². The van der Waals surface area contributed by atoms with Crippen LogP contribution in [0.3, 0.4) is 0 Å². The van der Waals surface area contributed by atoms with Crippen LogP contribution < -0.4 is 4.90 Å². The van der Waals surface area contributed by atoms with Gasteiger partial charge in [-0.2, -0.15) is 0 Å². The molecule has 0 N–H and O–H groups in total. The van der Waals surface area contributed by atoms with Gasteiger partial charge >= 0.3 is 0 Å². The Bertz CT molecular complexity index is 942. The topological polar surface area (TPSA) is 73.2 Å². The molecule has 2 fully saturated rings. The maximum atomic E-state index is 12.8. The number of hydrogen-bond acceptors (Lipinski definition) is 6. The van der Waals surface area contributed by atoms with Crippen LogP contribution in [0, 0.1) is 10.1 Å². The summed E-state index contributed by atoms with van der Waals surface area (Å²) in [7, 11) is 0. The van der Waals surface area contributed by atoms with Gasteiger partial charge in [-0.05, 0) is 17.7 Å². The van der Waals surface area contributed by atoms with E-state index in [1.807, 2.05) is 15.9 Å². The number of carbonyl (C=O) groups is 1. The van der Waals surface area contributed by atoms with Gasteiger partial charge in [0.15, 0.2) is 0 Å². The molecule has 2 aliphatic heterocycles. The lowest BCUT2D eigenvalue weighted by molar-refractivity contribution is -0.384. The second kappa shape index (κ2) is 10.3. The van der Waals surface area contributed by atoms with Gasteiger partial charge in [0.2, 0.25) is 5.91 Å². The van der Waals surface area contributed by atoms with E-state index in [1.54, 1.807) is 12.1 Å². The van der Waals surface area contributed by atoms with E-state index < -0.39 is 4.92 Å². The third-order valence-electron chi connectivity index (χ3n) is 6.18. The van der Waals surface area contributed by atoms with Crippen molar-refractivity contribution < 1.29 is 9.72 Å². The third-order valence-corrected chi connectivity index (χ3v) is 6.42. The van der Waals surface area contributed by atoms with Gasteiger partial charge < -0.3 is 9.80 Å². The van der Waals surface area contributed by atoms with Gasteiger partial charge in [-0.1, -0.05) is 41.9 Å². The molecule has 0 aromatic heterocycles. The van der Waals surface area contributed by atoms with Crippen LogP contribution in [0.1, 0.15) is 5.56 Å². The summed E-state index contributed by atoms with van der Waals surface area (Å²) in [5, 5.41) is 11.7. The van der Waals surface area contributed by atoms with Crippen molar-refractivity contribution in [2.75, 3.05) is 63.8 Å². The van der Waals surface area contributed by atoms with Crippen molar-refractivity contribution in [1.82, 2.24) is 14.7 Å². The van der Waals surface area contributed by atoms with Crippen molar-refractivity contribution in [3.8, 4) is 0 Å². The highest BCUT2D eigenvalue weighted by Gasteiger charge is 2.27. The van der Waals surface area contributed by atoms with E-state index in [9.17, 15) is 14.9 Å². The van der Waals surface area contributed by atoms with Crippen LogP contribution in [0.4, 0.5) is 11.4 Å². The fourth-order valence-electron chi connectivity index (χ4n) is 4.35. The van der Waals surface area contributed by atoms with Crippen molar-refractivity contribution in [3.63, 3.8) is 0 Å². The summed E-state index contributed by atoms with van der Waals surface area (Å²) in [6, 6.07) is 15.2. The predicted molar refractivity (Wildman–Crippen MR) is 125 cm³/mol. The molecule has 170 valence electrons. The highest BCUT2D eigenvalue weighted by atomic mass is 35.5. The maximum Gasteiger partial charge on any atom is 0.294 e. The molecule has 32 heavy (non-hydrogen) atoms. The number of nitro benzene ring substituents is 1. The van der Waals surface area contributed by atoms with E-state index in [0.717, 1.165) is 32.7 Å². The molecule has 0 spiro atoms. The van der Waals surface area contributed by atoms with Crippen molar-refractivity contribution in [2.24, 2.45) is 0 Å². The Kier molecular flexibility index (Phi) is 7.24. The SMILES string of the molecule is O=C(CN1CCN(c2ccc(Cl)cc2[N+](=O)[O-])CC1)N1CCN(Cc2ccccc2)CC1. The number of halogens is 1. The van der Waals surface area contributed by atoms with Crippen LogP contribution in [0.5, 0.6) is 0 Å². The number of nitrogens with zero attached hydrogens (tertiary/aromatic N) is 5. The molecule has 2 aliphatic rings. The molecule has 0 aliphatic carbocycles. The number of amides is 1. The van der Waals surface area contributed by atoms with Crippen LogP contribution in [0.15, 0.2) is 48.5 Å². The molecule has 0 atom stereocenters. The summed E-state index contributed by atoms with van der Waals surface area (Å²) >= 11 is 5.93. The van der Waals surface area contributed by atoms with E-state index in [2.05, 4.69) is 34.1 Å². The van der Waals surface area contributed by atoms with E-state index in [4.69, 9.17) is 11.6 Å². The standard InChI is InChI=1S/C23H28ClN5O3/c24-20-6-7-21(22(16-20)29(31)32)27-12-8-26(9-13-27)18-23(30)28-14-10-25(11-15-28)17-19-4-2-1-3-5-19/h1-7,16H,8-15,17-18H2. The number of anilines is 1. The Morgan fingerprint density at radius 1 is 0.906 bits per heavy atom. The Hall–Kier alpha value is -2.68. The normalized spacial score (nSPS) is 18.0. The van der Waals surface area contributed by atoms with Gasteiger partial charge in [-0.15, -0.1) is 0 Å². The second-order valence-electron chi connectivity index (χ2n) is 8.30. The molecule has 0 bridgehead atoms. The number of benzene rings is 2. The van der Waals surface area contributed by atoms with E-state index in [0.29, 0.717) is 43.4 Å². The van der Waals surface area contributed by atoms with Crippen molar-refractivity contribution in [3.05, 3.63) is 69.2 Å². The zero-order valence-electron chi connectivity index (χ0n) is 18.0. The largest absolute Gasteiger partial charge is 0.363 e. The number of rotatable bonds is 6. The first-order valence-corrected chi connectivity index (χ1v) is 11.3. The molecule has 2 aromatic rings. The molecule has 0 saturated carbocycles. The average molecular weight is 458 g/mol.